The van der Waals surface area contributed by atoms with Gasteiger partial charge in [0.1, 0.15) is 22.8 Å². The van der Waals surface area contributed by atoms with Crippen molar-refractivity contribution >= 4 is 38.4 Å². The van der Waals surface area contributed by atoms with Gasteiger partial charge in [-0.25, -0.2) is 18.4 Å². The number of hydrogen-bond acceptors (Lipinski definition) is 7. The van der Waals surface area contributed by atoms with Crippen molar-refractivity contribution < 1.29 is 17.9 Å². The number of carbonyl (C=O) groups excluding carboxylic acids is 1. The molecule has 2 N–H and O–H groups in total. The summed E-state index contributed by atoms with van der Waals surface area (Å²) in [6.07, 6.45) is 6.60. The summed E-state index contributed by atoms with van der Waals surface area (Å²) < 4.78 is 38.8. The summed E-state index contributed by atoms with van der Waals surface area (Å²) >= 11 is 0. The van der Waals surface area contributed by atoms with Crippen LogP contribution in [0, 0.1) is 18.8 Å². The van der Waals surface area contributed by atoms with Crippen molar-refractivity contribution in [1.29, 1.82) is 0 Å². The Morgan fingerprint density at radius 2 is 1.89 bits per heavy atom. The zero-order valence-corrected chi connectivity index (χ0v) is 27.8. The number of imidazole rings is 1. The molecule has 2 bridgehead atoms. The Kier molecular flexibility index (Phi) is 6.92. The maximum absolute atomic E-state index is 13.8. The van der Waals surface area contributed by atoms with Crippen molar-refractivity contribution in [3.63, 3.8) is 0 Å². The van der Waals surface area contributed by atoms with E-state index >= 15 is 0 Å². The Balaban J connectivity index is 1.23. The first kappa shape index (κ1) is 29.7. The van der Waals surface area contributed by atoms with Gasteiger partial charge in [0.2, 0.25) is 10.0 Å². The van der Waals surface area contributed by atoms with Gasteiger partial charge in [-0.1, -0.05) is 13.8 Å². The highest BCUT2D eigenvalue weighted by Gasteiger charge is 2.47. The van der Waals surface area contributed by atoms with Crippen LogP contribution in [0.4, 0.5) is 5.82 Å². The van der Waals surface area contributed by atoms with Crippen LogP contribution in [-0.4, -0.2) is 75.2 Å². The molecule has 7 heterocycles. The van der Waals surface area contributed by atoms with Gasteiger partial charge in [0.05, 0.1) is 23.7 Å². The minimum atomic E-state index is -3.52. The number of nitrogens with zero attached hydrogens (tertiary/aromatic N) is 6. The molecule has 46 heavy (non-hydrogen) atoms. The highest BCUT2D eigenvalue weighted by atomic mass is 32.2. The molecular formula is C34H43N7O4S. The Morgan fingerprint density at radius 1 is 1.09 bits per heavy atom. The average Bonchev–Trinajstić information content (AvgIpc) is 3.35. The molecule has 0 spiro atoms. The molecule has 4 aromatic heterocycles. The minimum absolute atomic E-state index is 0.0181. The number of nitrogens with two attached hydrogens (primary N) is 1. The van der Waals surface area contributed by atoms with Crippen LogP contribution in [0.15, 0.2) is 30.3 Å². The summed E-state index contributed by atoms with van der Waals surface area (Å²) in [7, 11) is -1.90. The number of methoxy groups -OCH3 is 1. The smallest absolute Gasteiger partial charge is 0.254 e. The molecule has 4 fully saturated rings. The molecule has 1 amide bonds. The van der Waals surface area contributed by atoms with Gasteiger partial charge in [0, 0.05) is 48.2 Å². The van der Waals surface area contributed by atoms with E-state index in [2.05, 4.69) is 10.6 Å². The number of carbonyl (C=O) groups is 1. The number of sulfonamides is 1. The van der Waals surface area contributed by atoms with Crippen LogP contribution in [0.25, 0.3) is 28.1 Å². The Morgan fingerprint density at radius 3 is 2.57 bits per heavy atom. The number of rotatable bonds is 7. The third-order valence-electron chi connectivity index (χ3n) is 10.8. The molecular weight excluding hydrogens is 602 g/mol. The van der Waals surface area contributed by atoms with Crippen molar-refractivity contribution in [1.82, 2.24) is 23.8 Å². The predicted octanol–water partition coefficient (Wildman–Crippen LogP) is 4.74. The lowest BCUT2D eigenvalue weighted by Crippen LogP contribution is -2.46. The molecule has 0 aromatic carbocycles. The molecule has 1 aliphatic carbocycles. The monoisotopic (exact) mass is 645 g/mol. The number of amides is 1. The van der Waals surface area contributed by atoms with Crippen LogP contribution >= 0.6 is 0 Å². The van der Waals surface area contributed by atoms with Crippen LogP contribution in [-0.2, 0) is 16.6 Å². The molecule has 11 nitrogen and oxygen atoms in total. The lowest BCUT2D eigenvalue weighted by molar-refractivity contribution is 0.0726. The quantitative estimate of drug-likeness (QED) is 0.308. The first-order valence-electron chi connectivity index (χ1n) is 16.7. The normalized spacial score (nSPS) is 25.8. The van der Waals surface area contributed by atoms with Gasteiger partial charge in [-0.05, 0) is 88.0 Å². The van der Waals surface area contributed by atoms with Crippen molar-refractivity contribution in [3.05, 3.63) is 41.6 Å². The third kappa shape index (κ3) is 4.54. The van der Waals surface area contributed by atoms with Crippen molar-refractivity contribution in [2.75, 3.05) is 18.0 Å². The van der Waals surface area contributed by atoms with Gasteiger partial charge >= 0.3 is 0 Å². The first-order chi connectivity index (χ1) is 22.1. The van der Waals surface area contributed by atoms with Crippen LogP contribution in [0.3, 0.4) is 0 Å². The van der Waals surface area contributed by atoms with E-state index in [0.29, 0.717) is 41.8 Å². The zero-order chi connectivity index (χ0) is 32.1. The van der Waals surface area contributed by atoms with E-state index in [9.17, 15) is 13.2 Å². The van der Waals surface area contributed by atoms with Gasteiger partial charge in [-0.2, -0.15) is 0 Å². The number of aromatic nitrogens is 4. The molecule has 3 aliphatic heterocycles. The second kappa shape index (κ2) is 10.7. The SMILES string of the molecule is COc1cc(C(=O)N2[C@H]3CC[C@@H]2[C@H](N)C3)cc2nc(-c3cc4ccc(N5CCCC(C(C)C)S5(=O)=O)nc4n3CC3CC3)c(C)n12. The number of hydrogen-bond donors (Lipinski definition) is 1. The lowest BCUT2D eigenvalue weighted by Gasteiger charge is -2.34. The highest BCUT2D eigenvalue weighted by molar-refractivity contribution is 7.93. The summed E-state index contributed by atoms with van der Waals surface area (Å²) in [5.41, 5.74) is 10.9. The molecule has 12 heteroatoms. The lowest BCUT2D eigenvalue weighted by atomic mass is 9.97. The van der Waals surface area contributed by atoms with Gasteiger partial charge < -0.3 is 19.9 Å². The van der Waals surface area contributed by atoms with Crippen LogP contribution in [0.5, 0.6) is 5.88 Å². The summed E-state index contributed by atoms with van der Waals surface area (Å²) in [4.78, 5) is 25.9. The first-order valence-corrected chi connectivity index (χ1v) is 18.2. The summed E-state index contributed by atoms with van der Waals surface area (Å²) in [6, 6.07) is 9.91. The molecule has 244 valence electrons. The van der Waals surface area contributed by atoms with E-state index in [1.807, 2.05) is 54.3 Å². The minimum Gasteiger partial charge on any atom is -0.482 e. The van der Waals surface area contributed by atoms with Crippen LogP contribution < -0.4 is 14.8 Å². The number of fused-ring (bicyclic) bond motifs is 4. The zero-order valence-electron chi connectivity index (χ0n) is 27.0. The average molecular weight is 646 g/mol. The van der Waals surface area contributed by atoms with E-state index in [4.69, 9.17) is 20.4 Å². The summed E-state index contributed by atoms with van der Waals surface area (Å²) in [5.74, 6) is 1.59. The fraction of sp³-hybridized carbons (Fsp3) is 0.559. The second-order valence-corrected chi connectivity index (χ2v) is 16.2. The van der Waals surface area contributed by atoms with Crippen molar-refractivity contribution in [2.45, 2.75) is 95.6 Å². The number of anilines is 1. The Labute approximate surface area is 269 Å². The van der Waals surface area contributed by atoms with Gasteiger partial charge in [0.25, 0.3) is 5.91 Å². The Hall–Kier alpha value is -3.64. The van der Waals surface area contributed by atoms with Crippen molar-refractivity contribution in [3.8, 4) is 17.3 Å². The molecule has 8 rings (SSSR count). The molecule has 4 aromatic rings. The fourth-order valence-corrected chi connectivity index (χ4v) is 10.5. The van der Waals surface area contributed by atoms with E-state index in [0.717, 1.165) is 73.2 Å². The molecule has 1 unspecified atom stereocenters. The van der Waals surface area contributed by atoms with Gasteiger partial charge in [-0.3, -0.25) is 13.5 Å². The summed E-state index contributed by atoms with van der Waals surface area (Å²) in [6.45, 7) is 7.20. The van der Waals surface area contributed by atoms with Crippen LogP contribution in [0.1, 0.15) is 74.8 Å². The highest BCUT2D eigenvalue weighted by Crippen LogP contribution is 2.40. The molecule has 1 saturated carbocycles. The van der Waals surface area contributed by atoms with E-state index in [1.165, 1.54) is 4.31 Å². The van der Waals surface area contributed by atoms with E-state index < -0.39 is 15.3 Å². The topological polar surface area (TPSA) is 128 Å². The number of ether oxygens (including phenoxy) is 1. The number of pyridine rings is 2. The molecule has 3 saturated heterocycles. The summed E-state index contributed by atoms with van der Waals surface area (Å²) in [5, 5.41) is 0.534. The predicted molar refractivity (Wildman–Crippen MR) is 178 cm³/mol. The van der Waals surface area contributed by atoms with E-state index in [1.54, 1.807) is 7.11 Å². The van der Waals surface area contributed by atoms with Crippen molar-refractivity contribution in [2.24, 2.45) is 17.6 Å². The standard InChI is InChI=1S/C34H43N7O4S/c1-19(2)28-6-5-13-39(46(28,43)44)29-12-9-22-14-27(38(33(22)37-29)18-21-7-8-21)32-20(3)40-30(36-32)15-23(16-31(40)45-4)34(42)41-24-10-11-26(41)25(35)17-24/h9,12,14-16,19,21,24-26,28H,5-8,10-11,13,17-18,35H2,1-4H3/t24-,25+,26+,28?/m0/s1. The van der Waals surface area contributed by atoms with Crippen LogP contribution in [0.2, 0.25) is 0 Å². The molecule has 0 radical (unpaired) electrons. The maximum Gasteiger partial charge on any atom is 0.254 e. The molecule has 4 aliphatic rings. The maximum atomic E-state index is 13.8. The Bertz CT molecular complexity index is 1980. The molecule has 4 atom stereocenters. The van der Waals surface area contributed by atoms with Gasteiger partial charge in [-0.15, -0.1) is 0 Å². The fourth-order valence-electron chi connectivity index (χ4n) is 8.29. The van der Waals surface area contributed by atoms with Gasteiger partial charge in [0.15, 0.2) is 5.88 Å². The largest absolute Gasteiger partial charge is 0.482 e. The second-order valence-electron chi connectivity index (χ2n) is 14.1. The number of aryl methyl sites for hydroxylation is 1. The third-order valence-corrected chi connectivity index (χ3v) is 13.4. The van der Waals surface area contributed by atoms with E-state index in [-0.39, 0.29) is 30.0 Å².